The summed E-state index contributed by atoms with van der Waals surface area (Å²) >= 11 is 11.7. The Balaban J connectivity index is 0.000000168. The predicted molar refractivity (Wildman–Crippen MR) is 137 cm³/mol. The number of halogens is 6. The largest absolute Gasteiger partial charge is 0.378 e. The number of ether oxygens (including phenoxy) is 2. The minimum Gasteiger partial charge on any atom is -0.378 e. The van der Waals surface area contributed by atoms with Gasteiger partial charge in [0, 0.05) is 39.0 Å². The SMILES string of the molecule is O=[N+]([O-])c1cnn(C2CN(C3COC3)CCC2(F)F)c1Cl.O=[N+]([O-])c1cnn(C2CN(C3COC3)CCC2(F)F)c1Cl. The van der Waals surface area contributed by atoms with Crippen LogP contribution in [0.4, 0.5) is 28.9 Å². The molecule has 6 heterocycles. The van der Waals surface area contributed by atoms with Gasteiger partial charge in [0.2, 0.25) is 10.3 Å². The topological polar surface area (TPSA) is 147 Å². The zero-order chi connectivity index (χ0) is 30.4. The predicted octanol–water partition coefficient (Wildman–Crippen LogP) is 3.45. The second-order valence-electron chi connectivity index (χ2n) is 10.5. The van der Waals surface area contributed by atoms with Gasteiger partial charge in [-0.2, -0.15) is 10.2 Å². The molecule has 0 spiro atoms. The van der Waals surface area contributed by atoms with Gasteiger partial charge >= 0.3 is 11.4 Å². The Morgan fingerprint density at radius 2 is 1.12 bits per heavy atom. The molecular weight excluding hydrogens is 619 g/mol. The van der Waals surface area contributed by atoms with Gasteiger partial charge in [0.15, 0.2) is 0 Å². The lowest BCUT2D eigenvalue weighted by Gasteiger charge is -2.44. The van der Waals surface area contributed by atoms with Gasteiger partial charge in [-0.3, -0.25) is 30.0 Å². The first-order chi connectivity index (χ1) is 19.8. The van der Waals surface area contributed by atoms with E-state index in [2.05, 4.69) is 10.2 Å². The van der Waals surface area contributed by atoms with Crippen molar-refractivity contribution in [1.82, 2.24) is 29.4 Å². The maximum absolute atomic E-state index is 14.2. The Labute approximate surface area is 245 Å². The van der Waals surface area contributed by atoms with Crippen molar-refractivity contribution in [3.05, 3.63) is 42.9 Å². The monoisotopic (exact) mass is 644 g/mol. The van der Waals surface area contributed by atoms with Gasteiger partial charge in [0.1, 0.15) is 24.5 Å². The summed E-state index contributed by atoms with van der Waals surface area (Å²) in [5.41, 5.74) is -0.923. The van der Waals surface area contributed by atoms with Crippen molar-refractivity contribution in [1.29, 1.82) is 0 Å². The highest BCUT2D eigenvalue weighted by molar-refractivity contribution is 6.31. The van der Waals surface area contributed by atoms with Crippen LogP contribution >= 0.6 is 23.2 Å². The first-order valence-electron chi connectivity index (χ1n) is 12.9. The Hall–Kier alpha value is -2.64. The summed E-state index contributed by atoms with van der Waals surface area (Å²) in [7, 11) is 0. The zero-order valence-electron chi connectivity index (χ0n) is 21.8. The van der Waals surface area contributed by atoms with E-state index >= 15 is 0 Å². The van der Waals surface area contributed by atoms with E-state index < -0.39 is 45.2 Å². The molecule has 0 amide bonds. The van der Waals surface area contributed by atoms with E-state index in [1.54, 1.807) is 0 Å². The van der Waals surface area contributed by atoms with Gasteiger partial charge in [0.25, 0.3) is 11.8 Å². The minimum atomic E-state index is -3.01. The molecule has 0 aromatic carbocycles. The highest BCUT2D eigenvalue weighted by atomic mass is 35.5. The number of alkyl halides is 4. The molecule has 0 saturated carbocycles. The van der Waals surface area contributed by atoms with E-state index in [0.29, 0.717) is 26.4 Å². The van der Waals surface area contributed by atoms with Gasteiger partial charge in [-0.05, 0) is 0 Å². The third-order valence-corrected chi connectivity index (χ3v) is 8.68. The molecule has 2 aromatic heterocycles. The smallest absolute Gasteiger partial charge is 0.325 e. The number of nitro groups is 2. The first kappa shape index (κ1) is 30.8. The molecular formula is C22H26Cl2F4N8O6. The Morgan fingerprint density at radius 1 is 0.762 bits per heavy atom. The molecule has 232 valence electrons. The number of nitrogens with zero attached hydrogens (tertiary/aromatic N) is 8. The standard InChI is InChI=1S/2C11H13ClF2N4O3/c2*12-10-8(18(19)20)3-15-17(10)9-4-16(7-5-21-6-7)2-1-11(9,13)14/h2*3,7,9H,1-2,4-6H2. The summed E-state index contributed by atoms with van der Waals surface area (Å²) in [5.74, 6) is -6.02. The lowest BCUT2D eigenvalue weighted by molar-refractivity contribution is -0.385. The molecule has 2 atom stereocenters. The third-order valence-electron chi connectivity index (χ3n) is 7.95. The van der Waals surface area contributed by atoms with Crippen LogP contribution in [0.3, 0.4) is 0 Å². The van der Waals surface area contributed by atoms with E-state index in [9.17, 15) is 37.8 Å². The Bertz CT molecular complexity index is 1230. The molecule has 42 heavy (non-hydrogen) atoms. The average molecular weight is 645 g/mol. The van der Waals surface area contributed by atoms with Crippen LogP contribution in [0.1, 0.15) is 24.9 Å². The van der Waals surface area contributed by atoms with E-state index in [-0.39, 0.29) is 61.4 Å². The van der Waals surface area contributed by atoms with Crippen LogP contribution in [0.2, 0.25) is 10.3 Å². The average Bonchev–Trinajstić information content (AvgIpc) is 3.42. The summed E-state index contributed by atoms with van der Waals surface area (Å²) < 4.78 is 68.5. The van der Waals surface area contributed by atoms with Crippen molar-refractivity contribution in [2.24, 2.45) is 0 Å². The quantitative estimate of drug-likeness (QED) is 0.260. The van der Waals surface area contributed by atoms with Crippen molar-refractivity contribution >= 4 is 34.6 Å². The van der Waals surface area contributed by atoms with Crippen molar-refractivity contribution in [3.63, 3.8) is 0 Å². The van der Waals surface area contributed by atoms with Crippen LogP contribution in [0.25, 0.3) is 0 Å². The minimum absolute atomic E-state index is 0.0413. The summed E-state index contributed by atoms with van der Waals surface area (Å²) in [6, 6.07) is -2.39. The molecule has 6 rings (SSSR count). The fourth-order valence-corrected chi connectivity index (χ4v) is 5.77. The summed E-state index contributed by atoms with van der Waals surface area (Å²) in [5, 5.41) is 28.2. The van der Waals surface area contributed by atoms with Gasteiger partial charge in [0.05, 0.1) is 48.4 Å². The number of piperidine rings is 2. The molecule has 2 unspecified atom stereocenters. The van der Waals surface area contributed by atoms with Gasteiger partial charge in [-0.15, -0.1) is 0 Å². The van der Waals surface area contributed by atoms with E-state index in [4.69, 9.17) is 32.7 Å². The van der Waals surface area contributed by atoms with E-state index in [0.717, 1.165) is 21.8 Å². The summed E-state index contributed by atoms with van der Waals surface area (Å²) in [6.07, 6.45) is 1.14. The zero-order valence-corrected chi connectivity index (χ0v) is 23.3. The fraction of sp³-hybridized carbons (Fsp3) is 0.727. The van der Waals surface area contributed by atoms with Crippen LogP contribution in [0.5, 0.6) is 0 Å². The second-order valence-corrected chi connectivity index (χ2v) is 11.2. The lowest BCUT2D eigenvalue weighted by atomic mass is 9.99. The first-order valence-corrected chi connectivity index (χ1v) is 13.7. The number of aromatic nitrogens is 4. The molecule has 0 bridgehead atoms. The molecule has 4 saturated heterocycles. The Kier molecular flexibility index (Phi) is 8.66. The van der Waals surface area contributed by atoms with Gasteiger partial charge < -0.3 is 9.47 Å². The molecule has 14 nitrogen and oxygen atoms in total. The third kappa shape index (κ3) is 5.92. The van der Waals surface area contributed by atoms with E-state index in [1.165, 1.54) is 0 Å². The van der Waals surface area contributed by atoms with Crippen molar-refractivity contribution in [2.75, 3.05) is 52.6 Å². The molecule has 4 aliphatic heterocycles. The molecule has 0 aliphatic carbocycles. The number of rotatable bonds is 6. The lowest BCUT2D eigenvalue weighted by Crippen LogP contribution is -2.57. The number of hydrogen-bond acceptors (Lipinski definition) is 10. The van der Waals surface area contributed by atoms with Crippen molar-refractivity contribution in [2.45, 2.75) is 48.9 Å². The number of likely N-dealkylation sites (tertiary alicyclic amines) is 2. The van der Waals surface area contributed by atoms with Crippen LogP contribution in [-0.2, 0) is 9.47 Å². The van der Waals surface area contributed by atoms with Crippen LogP contribution in [0.15, 0.2) is 12.4 Å². The van der Waals surface area contributed by atoms with Crippen LogP contribution in [-0.4, -0.2) is 116 Å². The number of hydrogen-bond donors (Lipinski definition) is 0. The van der Waals surface area contributed by atoms with E-state index in [1.807, 2.05) is 9.80 Å². The fourth-order valence-electron chi connectivity index (χ4n) is 5.21. The summed E-state index contributed by atoms with van der Waals surface area (Å²) in [6.45, 7) is 2.68. The van der Waals surface area contributed by atoms with Crippen LogP contribution < -0.4 is 0 Å². The highest BCUT2D eigenvalue weighted by Crippen LogP contribution is 2.42. The second kappa shape index (κ2) is 11.8. The van der Waals surface area contributed by atoms with Crippen LogP contribution in [0, 0.1) is 20.2 Å². The van der Waals surface area contributed by atoms with Crippen molar-refractivity contribution < 1.29 is 36.9 Å². The molecule has 4 fully saturated rings. The molecule has 4 aliphatic rings. The summed E-state index contributed by atoms with van der Waals surface area (Å²) in [4.78, 5) is 23.9. The molecule has 2 aromatic rings. The Morgan fingerprint density at radius 3 is 1.38 bits per heavy atom. The maximum atomic E-state index is 14.2. The molecule has 20 heteroatoms. The van der Waals surface area contributed by atoms with Crippen molar-refractivity contribution in [3.8, 4) is 0 Å². The molecule has 0 radical (unpaired) electrons. The van der Waals surface area contributed by atoms with Gasteiger partial charge in [-0.1, -0.05) is 23.2 Å². The normalized spacial score (nSPS) is 26.5. The maximum Gasteiger partial charge on any atom is 0.325 e. The highest BCUT2D eigenvalue weighted by Gasteiger charge is 2.50. The molecule has 0 N–H and O–H groups in total. The van der Waals surface area contributed by atoms with Gasteiger partial charge in [-0.25, -0.2) is 26.9 Å².